The lowest BCUT2D eigenvalue weighted by molar-refractivity contribution is -0.137. The third-order valence-corrected chi connectivity index (χ3v) is 6.87. The first kappa shape index (κ1) is 29.6. The molecule has 0 spiro atoms. The quantitative estimate of drug-likeness (QED) is 0.514. The fourth-order valence-electron chi connectivity index (χ4n) is 4.91. The van der Waals surface area contributed by atoms with Crippen LogP contribution in [0.5, 0.6) is 0 Å². The Hall–Kier alpha value is -2.99. The summed E-state index contributed by atoms with van der Waals surface area (Å²) in [6.07, 6.45) is 3.74. The lowest BCUT2D eigenvalue weighted by atomic mass is 9.92. The lowest BCUT2D eigenvalue weighted by Gasteiger charge is -2.37. The third-order valence-electron chi connectivity index (χ3n) is 6.87. The fraction of sp³-hybridized carbons (Fsp3) is 0.538. The second-order valence-electron chi connectivity index (χ2n) is 11.0. The van der Waals surface area contributed by atoms with Crippen molar-refractivity contribution in [3.8, 4) is 5.69 Å². The summed E-state index contributed by atoms with van der Waals surface area (Å²) in [5.41, 5.74) is 12.5. The van der Waals surface area contributed by atoms with E-state index < -0.39 is 11.2 Å². The van der Waals surface area contributed by atoms with Gasteiger partial charge in [0.1, 0.15) is 5.82 Å². The van der Waals surface area contributed by atoms with Crippen LogP contribution < -0.4 is 22.5 Å². The molecule has 0 radical (unpaired) electrons. The van der Waals surface area contributed by atoms with Crippen LogP contribution in [0.3, 0.4) is 0 Å². The summed E-state index contributed by atoms with van der Waals surface area (Å²) in [7, 11) is 0. The maximum atomic E-state index is 12.7. The highest BCUT2D eigenvalue weighted by Gasteiger charge is 2.31. The van der Waals surface area contributed by atoms with Crippen LogP contribution in [-0.4, -0.2) is 86.5 Å². The number of piperidine rings is 1. The van der Waals surface area contributed by atoms with Crippen molar-refractivity contribution >= 4 is 30.2 Å². The van der Waals surface area contributed by atoms with E-state index in [9.17, 15) is 14.4 Å². The molecule has 1 atom stereocenters. The van der Waals surface area contributed by atoms with Crippen LogP contribution in [-0.2, 0) is 11.3 Å². The molecule has 4 rings (SSSR count). The zero-order valence-electron chi connectivity index (χ0n) is 22.4. The fourth-order valence-corrected chi connectivity index (χ4v) is 4.91. The van der Waals surface area contributed by atoms with Crippen molar-refractivity contribution in [2.24, 2.45) is 11.5 Å². The van der Waals surface area contributed by atoms with Crippen LogP contribution in [0.1, 0.15) is 39.2 Å². The number of aromatic nitrogens is 2. The minimum atomic E-state index is -0.946. The normalized spacial score (nSPS) is 20.6. The van der Waals surface area contributed by atoms with Crippen LogP contribution in [0.15, 0.2) is 41.3 Å². The van der Waals surface area contributed by atoms with E-state index in [1.807, 2.05) is 24.3 Å². The molecule has 2 aliphatic heterocycles. The second-order valence-corrected chi connectivity index (χ2v) is 11.0. The van der Waals surface area contributed by atoms with Gasteiger partial charge in [-0.15, -0.1) is 12.4 Å². The molecule has 3 amide bonds. The molecule has 11 nitrogen and oxygen atoms in total. The molecule has 1 aromatic carbocycles. The van der Waals surface area contributed by atoms with Crippen LogP contribution >= 0.6 is 12.4 Å². The third kappa shape index (κ3) is 7.31. The molecule has 12 heteroatoms. The number of likely N-dealkylation sites (tertiary alicyclic amines) is 1. The number of halogens is 1. The Morgan fingerprint density at radius 1 is 1.05 bits per heavy atom. The van der Waals surface area contributed by atoms with Gasteiger partial charge in [-0.05, 0) is 63.9 Å². The Balaban J connectivity index is 0.00000400. The molecule has 1 aromatic heterocycles. The highest BCUT2D eigenvalue weighted by atomic mass is 35.5. The van der Waals surface area contributed by atoms with Crippen molar-refractivity contribution in [1.29, 1.82) is 0 Å². The first-order valence-electron chi connectivity index (χ1n) is 12.8. The molecule has 3 heterocycles. The summed E-state index contributed by atoms with van der Waals surface area (Å²) in [4.78, 5) is 47.4. The zero-order chi connectivity index (χ0) is 26.8. The van der Waals surface area contributed by atoms with E-state index in [1.165, 1.54) is 4.57 Å². The number of nitrogens with one attached hydrogen (secondary N) is 1. The molecular formula is C26H39ClN8O3. The molecular weight excluding hydrogens is 508 g/mol. The number of carbonyl (C=O) groups excluding carboxylic acids is 2. The minimum absolute atomic E-state index is 0. The second kappa shape index (κ2) is 11.8. The summed E-state index contributed by atoms with van der Waals surface area (Å²) in [5, 5.41) is 2.69. The Morgan fingerprint density at radius 3 is 2.26 bits per heavy atom. The van der Waals surface area contributed by atoms with Gasteiger partial charge in [-0.25, -0.2) is 9.59 Å². The molecule has 38 heavy (non-hydrogen) atoms. The lowest BCUT2D eigenvalue weighted by Crippen LogP contribution is -2.58. The van der Waals surface area contributed by atoms with Crippen molar-refractivity contribution in [2.45, 2.75) is 51.2 Å². The minimum Gasteiger partial charge on any atom is -0.338 e. The topological polar surface area (TPSA) is 143 Å². The Morgan fingerprint density at radius 2 is 1.68 bits per heavy atom. The van der Waals surface area contributed by atoms with E-state index >= 15 is 0 Å². The number of carbonyl (C=O) groups is 2. The van der Waals surface area contributed by atoms with Crippen molar-refractivity contribution in [3.63, 3.8) is 0 Å². The van der Waals surface area contributed by atoms with Gasteiger partial charge in [-0.2, -0.15) is 4.98 Å². The van der Waals surface area contributed by atoms with Gasteiger partial charge in [-0.1, -0.05) is 12.1 Å². The molecule has 0 aliphatic carbocycles. The number of nitrogens with zero attached hydrogens (tertiary/aromatic N) is 5. The van der Waals surface area contributed by atoms with Crippen LogP contribution in [0.4, 0.5) is 10.6 Å². The SMILES string of the molecule is CC1(N)CCCN(Cc2ccc(-n3ccc(NC(=O)N4CCN(C(=O)C(C)(C)N)CC4)nc3=O)cc2)C1.Cl. The summed E-state index contributed by atoms with van der Waals surface area (Å²) in [6, 6.07) is 9.04. The van der Waals surface area contributed by atoms with Gasteiger partial charge in [0.2, 0.25) is 5.91 Å². The average molecular weight is 547 g/mol. The average Bonchev–Trinajstić information content (AvgIpc) is 2.83. The van der Waals surface area contributed by atoms with Gasteiger partial charge in [0.15, 0.2) is 0 Å². The first-order chi connectivity index (χ1) is 17.4. The molecule has 0 bridgehead atoms. The molecule has 2 saturated heterocycles. The van der Waals surface area contributed by atoms with Gasteiger partial charge < -0.3 is 21.3 Å². The van der Waals surface area contributed by atoms with E-state index in [-0.39, 0.29) is 35.7 Å². The molecule has 2 aromatic rings. The Labute approximate surface area is 229 Å². The number of nitrogens with two attached hydrogens (primary N) is 2. The predicted molar refractivity (Wildman–Crippen MR) is 150 cm³/mol. The van der Waals surface area contributed by atoms with Crippen LogP contribution in [0, 0.1) is 0 Å². The van der Waals surface area contributed by atoms with Gasteiger partial charge in [-0.3, -0.25) is 19.6 Å². The summed E-state index contributed by atoms with van der Waals surface area (Å²) in [6.45, 7) is 9.71. The van der Waals surface area contributed by atoms with E-state index in [2.05, 4.69) is 22.1 Å². The van der Waals surface area contributed by atoms with E-state index in [1.54, 1.807) is 35.9 Å². The summed E-state index contributed by atoms with van der Waals surface area (Å²) in [5.74, 6) is 0.0373. The highest BCUT2D eigenvalue weighted by molar-refractivity contribution is 5.89. The van der Waals surface area contributed by atoms with E-state index in [0.29, 0.717) is 31.9 Å². The highest BCUT2D eigenvalue weighted by Crippen LogP contribution is 2.20. The predicted octanol–water partition coefficient (Wildman–Crippen LogP) is 1.38. The Bertz CT molecular complexity index is 1180. The van der Waals surface area contributed by atoms with Crippen molar-refractivity contribution < 1.29 is 9.59 Å². The Kier molecular flexibility index (Phi) is 9.19. The largest absolute Gasteiger partial charge is 0.354 e. The molecule has 2 fully saturated rings. The van der Waals surface area contributed by atoms with Crippen LogP contribution in [0.25, 0.3) is 5.69 Å². The van der Waals surface area contributed by atoms with E-state index in [4.69, 9.17) is 11.5 Å². The van der Waals surface area contributed by atoms with E-state index in [0.717, 1.165) is 38.0 Å². The number of hydrogen-bond donors (Lipinski definition) is 3. The van der Waals surface area contributed by atoms with Gasteiger partial charge in [0.25, 0.3) is 0 Å². The van der Waals surface area contributed by atoms with Gasteiger partial charge in [0.05, 0.1) is 11.2 Å². The van der Waals surface area contributed by atoms with Crippen molar-refractivity contribution in [3.05, 3.63) is 52.6 Å². The number of piperazine rings is 1. The van der Waals surface area contributed by atoms with Gasteiger partial charge >= 0.3 is 11.7 Å². The maximum absolute atomic E-state index is 12.7. The summed E-state index contributed by atoms with van der Waals surface area (Å²) >= 11 is 0. The number of urea groups is 1. The molecule has 5 N–H and O–H groups in total. The monoisotopic (exact) mass is 546 g/mol. The standard InChI is InChI=1S/C26H38N8O3.ClH/c1-25(2,27)22(35)32-13-15-33(16-14-32)23(36)29-21-9-12-34(24(37)30-21)20-7-5-19(6-8-20)17-31-11-4-10-26(3,28)18-31;/h5-9,12H,4,10-11,13-18,27-28H2,1-3H3,(H,29,30,36,37);1H. The van der Waals surface area contributed by atoms with Crippen molar-refractivity contribution in [1.82, 2.24) is 24.3 Å². The number of amides is 3. The van der Waals surface area contributed by atoms with Crippen molar-refractivity contribution in [2.75, 3.05) is 44.6 Å². The van der Waals surface area contributed by atoms with Gasteiger partial charge in [0, 0.05) is 51.0 Å². The molecule has 208 valence electrons. The van der Waals surface area contributed by atoms with Crippen LogP contribution in [0.2, 0.25) is 0 Å². The smallest absolute Gasteiger partial charge is 0.338 e. The molecule has 0 saturated carbocycles. The summed E-state index contributed by atoms with van der Waals surface area (Å²) < 4.78 is 1.44. The molecule has 1 unspecified atom stereocenters. The number of hydrogen-bond acceptors (Lipinski definition) is 7. The number of benzene rings is 1. The number of rotatable bonds is 5. The zero-order valence-corrected chi connectivity index (χ0v) is 23.2. The molecule has 2 aliphatic rings. The number of anilines is 1. The maximum Gasteiger partial charge on any atom is 0.354 e. The first-order valence-corrected chi connectivity index (χ1v) is 12.8.